The molecular formula is C15H26N2O3S. The molecule has 1 saturated carbocycles. The van der Waals surface area contributed by atoms with Crippen LogP contribution in [0.3, 0.4) is 0 Å². The van der Waals surface area contributed by atoms with Crippen molar-refractivity contribution in [2.75, 3.05) is 0 Å². The molecule has 120 valence electrons. The zero-order chi connectivity index (χ0) is 15.8. The molecule has 0 spiro atoms. The van der Waals surface area contributed by atoms with Gasteiger partial charge in [-0.15, -0.1) is 0 Å². The van der Waals surface area contributed by atoms with Crippen molar-refractivity contribution in [3.05, 3.63) is 17.1 Å². The van der Waals surface area contributed by atoms with Gasteiger partial charge in [-0.1, -0.05) is 13.8 Å². The quantitative estimate of drug-likeness (QED) is 0.811. The fourth-order valence-electron chi connectivity index (χ4n) is 2.57. The van der Waals surface area contributed by atoms with Gasteiger partial charge in [0.2, 0.25) is 10.0 Å². The summed E-state index contributed by atoms with van der Waals surface area (Å²) in [4.78, 5) is 0.306. The molecule has 1 aromatic rings. The summed E-state index contributed by atoms with van der Waals surface area (Å²) in [5.74, 6) is 1.61. The van der Waals surface area contributed by atoms with Crippen LogP contribution in [0, 0.1) is 19.8 Å². The summed E-state index contributed by atoms with van der Waals surface area (Å²) in [7, 11) is -3.54. The van der Waals surface area contributed by atoms with Gasteiger partial charge in [-0.3, -0.25) is 0 Å². The Morgan fingerprint density at radius 1 is 1.19 bits per heavy atom. The van der Waals surface area contributed by atoms with Gasteiger partial charge in [-0.25, -0.2) is 13.1 Å². The van der Waals surface area contributed by atoms with Crippen LogP contribution in [0.1, 0.15) is 50.7 Å². The number of aryl methyl sites for hydroxylation is 2. The van der Waals surface area contributed by atoms with Gasteiger partial charge >= 0.3 is 0 Å². The van der Waals surface area contributed by atoms with Crippen LogP contribution in [0.5, 0.6) is 0 Å². The van der Waals surface area contributed by atoms with Gasteiger partial charge in [0.05, 0.1) is 0 Å². The zero-order valence-corrected chi connectivity index (χ0v) is 14.3. The highest BCUT2D eigenvalue weighted by molar-refractivity contribution is 7.89. The lowest BCUT2D eigenvalue weighted by atomic mass is 10.2. The molecule has 1 aliphatic rings. The standard InChI is InChI=1S/C15H26N2O3S/c1-9(2)16-8-14-11(4)20-12(5)15(14)21(18,19)17-10(3)13-6-7-13/h9-10,13,16-17H,6-8H2,1-5H3. The van der Waals surface area contributed by atoms with Crippen LogP contribution < -0.4 is 10.0 Å². The second kappa shape index (κ2) is 6.10. The normalized spacial score (nSPS) is 17.4. The van der Waals surface area contributed by atoms with Crippen molar-refractivity contribution in [1.29, 1.82) is 0 Å². The SMILES string of the molecule is Cc1oc(C)c(S(=O)(=O)NC(C)C2CC2)c1CNC(C)C. The molecule has 1 atom stereocenters. The Bertz CT molecular complexity index is 601. The van der Waals surface area contributed by atoms with E-state index in [2.05, 4.69) is 10.0 Å². The third-order valence-corrected chi connectivity index (χ3v) is 5.70. The molecule has 0 aliphatic heterocycles. The highest BCUT2D eigenvalue weighted by Gasteiger charge is 2.34. The van der Waals surface area contributed by atoms with E-state index in [0.717, 1.165) is 18.4 Å². The number of rotatable bonds is 7. The Morgan fingerprint density at radius 2 is 1.81 bits per heavy atom. The number of hydrogen-bond acceptors (Lipinski definition) is 4. The number of furan rings is 1. The maximum Gasteiger partial charge on any atom is 0.244 e. The highest BCUT2D eigenvalue weighted by Crippen LogP contribution is 2.34. The Morgan fingerprint density at radius 3 is 2.33 bits per heavy atom. The van der Waals surface area contributed by atoms with Crippen LogP contribution in [0.25, 0.3) is 0 Å². The van der Waals surface area contributed by atoms with Crippen molar-refractivity contribution in [3.8, 4) is 0 Å². The molecule has 0 radical (unpaired) electrons. The Hall–Kier alpha value is -0.850. The predicted octanol–water partition coefficient (Wildman–Crippen LogP) is 2.47. The molecule has 5 nitrogen and oxygen atoms in total. The zero-order valence-electron chi connectivity index (χ0n) is 13.5. The number of sulfonamides is 1. The fourth-order valence-corrected chi connectivity index (χ4v) is 4.33. The maximum absolute atomic E-state index is 12.7. The summed E-state index contributed by atoms with van der Waals surface area (Å²) in [6, 6.07) is 0.268. The average Bonchev–Trinajstić information content (AvgIpc) is 3.12. The molecule has 1 aromatic heterocycles. The largest absolute Gasteiger partial charge is 0.465 e. The summed E-state index contributed by atoms with van der Waals surface area (Å²) < 4.78 is 33.7. The van der Waals surface area contributed by atoms with Gasteiger partial charge in [0.1, 0.15) is 16.4 Å². The van der Waals surface area contributed by atoms with Crippen molar-refractivity contribution in [1.82, 2.24) is 10.0 Å². The molecule has 6 heteroatoms. The second-order valence-electron chi connectivity index (χ2n) is 6.31. The van der Waals surface area contributed by atoms with Crippen LogP contribution in [-0.2, 0) is 16.6 Å². The summed E-state index contributed by atoms with van der Waals surface area (Å²) in [6.45, 7) is 10.0. The minimum absolute atomic E-state index is 0.0180. The molecule has 1 aliphatic carbocycles. The first kappa shape index (κ1) is 16.5. The molecule has 1 fully saturated rings. The Labute approximate surface area is 127 Å². The third kappa shape index (κ3) is 3.87. The van der Waals surface area contributed by atoms with E-state index in [1.54, 1.807) is 6.92 Å². The Balaban J connectivity index is 2.28. The lowest BCUT2D eigenvalue weighted by Crippen LogP contribution is -2.35. The second-order valence-corrected chi connectivity index (χ2v) is 7.96. The van der Waals surface area contributed by atoms with E-state index in [1.165, 1.54) is 0 Å². The number of nitrogens with one attached hydrogen (secondary N) is 2. The van der Waals surface area contributed by atoms with Crippen LogP contribution in [0.4, 0.5) is 0 Å². The predicted molar refractivity (Wildman–Crippen MR) is 82.7 cm³/mol. The molecule has 2 N–H and O–H groups in total. The van der Waals surface area contributed by atoms with Gasteiger partial charge in [-0.2, -0.15) is 0 Å². The van der Waals surface area contributed by atoms with Crippen molar-refractivity contribution in [2.24, 2.45) is 5.92 Å². The maximum atomic E-state index is 12.7. The van der Waals surface area contributed by atoms with Gasteiger partial charge < -0.3 is 9.73 Å². The van der Waals surface area contributed by atoms with E-state index < -0.39 is 10.0 Å². The van der Waals surface area contributed by atoms with E-state index in [4.69, 9.17) is 4.42 Å². The van der Waals surface area contributed by atoms with Crippen LogP contribution in [-0.4, -0.2) is 20.5 Å². The minimum Gasteiger partial charge on any atom is -0.465 e. The van der Waals surface area contributed by atoms with E-state index in [-0.39, 0.29) is 12.1 Å². The summed E-state index contributed by atoms with van der Waals surface area (Å²) in [5.41, 5.74) is 0.733. The summed E-state index contributed by atoms with van der Waals surface area (Å²) >= 11 is 0. The van der Waals surface area contributed by atoms with E-state index in [1.807, 2.05) is 27.7 Å². The molecule has 0 aromatic carbocycles. The van der Waals surface area contributed by atoms with Gasteiger partial charge in [0, 0.05) is 24.2 Å². The van der Waals surface area contributed by atoms with Gasteiger partial charge in [0.15, 0.2) is 0 Å². The topological polar surface area (TPSA) is 71.3 Å². The molecule has 1 heterocycles. The Kier molecular flexibility index (Phi) is 4.80. The van der Waals surface area contributed by atoms with E-state index >= 15 is 0 Å². The lowest BCUT2D eigenvalue weighted by Gasteiger charge is -2.15. The molecule has 2 rings (SSSR count). The molecule has 0 amide bonds. The van der Waals surface area contributed by atoms with Crippen LogP contribution in [0.15, 0.2) is 9.31 Å². The first-order valence-corrected chi connectivity index (χ1v) is 9.05. The summed E-state index contributed by atoms with van der Waals surface area (Å²) in [6.07, 6.45) is 2.21. The molecular weight excluding hydrogens is 288 g/mol. The first-order chi connectivity index (χ1) is 9.72. The smallest absolute Gasteiger partial charge is 0.244 e. The van der Waals surface area contributed by atoms with E-state index in [9.17, 15) is 8.42 Å². The fraction of sp³-hybridized carbons (Fsp3) is 0.733. The van der Waals surface area contributed by atoms with E-state index in [0.29, 0.717) is 28.9 Å². The van der Waals surface area contributed by atoms with Crippen LogP contribution in [0.2, 0.25) is 0 Å². The average molecular weight is 314 g/mol. The molecule has 0 bridgehead atoms. The molecule has 1 unspecified atom stereocenters. The van der Waals surface area contributed by atoms with Gasteiger partial charge in [-0.05, 0) is 39.5 Å². The summed E-state index contributed by atoms with van der Waals surface area (Å²) in [5, 5.41) is 3.26. The van der Waals surface area contributed by atoms with Crippen LogP contribution >= 0.6 is 0 Å². The molecule has 0 saturated heterocycles. The lowest BCUT2D eigenvalue weighted by molar-refractivity contribution is 0.490. The monoisotopic (exact) mass is 314 g/mol. The third-order valence-electron chi connectivity index (χ3n) is 3.95. The van der Waals surface area contributed by atoms with Crippen molar-refractivity contribution >= 4 is 10.0 Å². The highest BCUT2D eigenvalue weighted by atomic mass is 32.2. The van der Waals surface area contributed by atoms with Crippen molar-refractivity contribution in [2.45, 2.75) is 71.0 Å². The van der Waals surface area contributed by atoms with Crippen molar-refractivity contribution < 1.29 is 12.8 Å². The minimum atomic E-state index is -3.54. The van der Waals surface area contributed by atoms with Crippen molar-refractivity contribution in [3.63, 3.8) is 0 Å². The molecule has 21 heavy (non-hydrogen) atoms. The first-order valence-electron chi connectivity index (χ1n) is 7.57. The van der Waals surface area contributed by atoms with Gasteiger partial charge in [0.25, 0.3) is 0 Å². The number of hydrogen-bond donors (Lipinski definition) is 2.